The van der Waals surface area contributed by atoms with Crippen molar-refractivity contribution in [3.05, 3.63) is 83.8 Å². The molecule has 0 aliphatic rings. The molecule has 0 aliphatic heterocycles. The number of carbonyl (C=O) groups is 1. The van der Waals surface area contributed by atoms with Gasteiger partial charge in [-0.3, -0.25) is 4.79 Å². The molecule has 0 saturated carbocycles. The number of benzene rings is 3. The van der Waals surface area contributed by atoms with Crippen LogP contribution in [-0.2, 0) is 21.2 Å². The van der Waals surface area contributed by atoms with Crippen molar-refractivity contribution in [2.24, 2.45) is 0 Å². The molecule has 0 spiro atoms. The molecule has 170 valence electrons. The number of aromatic nitrogens is 1. The summed E-state index contributed by atoms with van der Waals surface area (Å²) >= 11 is 0. The van der Waals surface area contributed by atoms with Crippen LogP contribution in [0.5, 0.6) is 5.75 Å². The Morgan fingerprint density at radius 3 is 2.48 bits per heavy atom. The van der Waals surface area contributed by atoms with E-state index in [1.54, 1.807) is 42.5 Å². The van der Waals surface area contributed by atoms with Gasteiger partial charge in [-0.1, -0.05) is 36.4 Å². The standard InChI is InChI=1S/C25H22FNO5S/c1-16-22(26)11-10-20(17-6-4-3-5-7-17)25(16)33(30,31)27-15-18(8-13-24(28)29)21-14-19(32-2)9-12-23(21)27/h3-7,9-12,14-15H,8,13H2,1-2H3,(H,28,29). The van der Waals surface area contributed by atoms with Crippen LogP contribution < -0.4 is 4.74 Å². The summed E-state index contributed by atoms with van der Waals surface area (Å²) in [6.45, 7) is 1.44. The van der Waals surface area contributed by atoms with Crippen molar-refractivity contribution in [3.63, 3.8) is 0 Å². The normalized spacial score (nSPS) is 11.6. The third kappa shape index (κ3) is 4.09. The van der Waals surface area contributed by atoms with E-state index in [1.807, 2.05) is 6.07 Å². The summed E-state index contributed by atoms with van der Waals surface area (Å²) in [6.07, 6.45) is 1.39. The van der Waals surface area contributed by atoms with Crippen LogP contribution in [0.2, 0.25) is 0 Å². The maximum Gasteiger partial charge on any atom is 0.303 e. The minimum Gasteiger partial charge on any atom is -0.497 e. The molecule has 0 amide bonds. The fraction of sp³-hybridized carbons (Fsp3) is 0.160. The Kier molecular flexibility index (Phi) is 5.95. The lowest BCUT2D eigenvalue weighted by Gasteiger charge is -2.16. The van der Waals surface area contributed by atoms with Gasteiger partial charge in [0, 0.05) is 29.1 Å². The number of carboxylic acids is 1. The first kappa shape index (κ1) is 22.5. The minimum absolute atomic E-state index is 0.0128. The molecule has 8 heteroatoms. The van der Waals surface area contributed by atoms with Crippen molar-refractivity contribution in [3.8, 4) is 16.9 Å². The maximum atomic E-state index is 14.6. The molecule has 3 aromatic carbocycles. The van der Waals surface area contributed by atoms with Crippen LogP contribution in [0, 0.1) is 12.7 Å². The number of halogens is 1. The summed E-state index contributed by atoms with van der Waals surface area (Å²) in [6, 6.07) is 16.5. The summed E-state index contributed by atoms with van der Waals surface area (Å²) in [7, 11) is -2.75. The second-order valence-electron chi connectivity index (χ2n) is 7.65. The SMILES string of the molecule is COc1ccc2c(c1)c(CCC(=O)O)cn2S(=O)(=O)c1c(-c2ccccc2)ccc(F)c1C. The number of fused-ring (bicyclic) bond motifs is 1. The lowest BCUT2D eigenvalue weighted by atomic mass is 10.0. The molecule has 1 heterocycles. The van der Waals surface area contributed by atoms with E-state index >= 15 is 0 Å². The number of rotatable bonds is 7. The zero-order valence-corrected chi connectivity index (χ0v) is 18.9. The molecule has 0 aliphatic carbocycles. The number of aryl methyl sites for hydroxylation is 1. The third-order valence-corrected chi connectivity index (χ3v) is 7.47. The minimum atomic E-state index is -4.25. The molecular formula is C25H22FNO5S. The predicted molar refractivity (Wildman–Crippen MR) is 124 cm³/mol. The zero-order chi connectivity index (χ0) is 23.8. The van der Waals surface area contributed by atoms with Gasteiger partial charge in [0.05, 0.1) is 12.6 Å². The first-order chi connectivity index (χ1) is 15.7. The Morgan fingerprint density at radius 1 is 1.09 bits per heavy atom. The van der Waals surface area contributed by atoms with Gasteiger partial charge in [0.2, 0.25) is 0 Å². The lowest BCUT2D eigenvalue weighted by molar-refractivity contribution is -0.136. The molecule has 0 bridgehead atoms. The molecule has 1 aromatic heterocycles. The molecule has 4 aromatic rings. The van der Waals surface area contributed by atoms with Gasteiger partial charge < -0.3 is 9.84 Å². The Hall–Kier alpha value is -3.65. The first-order valence-corrected chi connectivity index (χ1v) is 11.7. The van der Waals surface area contributed by atoms with Gasteiger partial charge in [-0.25, -0.2) is 16.8 Å². The molecule has 0 atom stereocenters. The monoisotopic (exact) mass is 467 g/mol. The second kappa shape index (κ2) is 8.71. The van der Waals surface area contributed by atoms with E-state index in [1.165, 1.54) is 32.4 Å². The molecule has 0 fully saturated rings. The Bertz CT molecular complexity index is 1460. The second-order valence-corrected chi connectivity index (χ2v) is 9.40. The molecule has 0 unspecified atom stereocenters. The largest absolute Gasteiger partial charge is 0.497 e. The van der Waals surface area contributed by atoms with E-state index in [4.69, 9.17) is 9.84 Å². The Labute approximate surface area is 190 Å². The van der Waals surface area contributed by atoms with E-state index in [0.29, 0.717) is 33.3 Å². The smallest absolute Gasteiger partial charge is 0.303 e. The average Bonchev–Trinajstić information content (AvgIpc) is 3.18. The molecule has 4 rings (SSSR count). The van der Waals surface area contributed by atoms with E-state index in [2.05, 4.69) is 0 Å². The third-order valence-electron chi connectivity index (χ3n) is 5.61. The number of methoxy groups -OCH3 is 1. The highest BCUT2D eigenvalue weighted by atomic mass is 32.2. The highest BCUT2D eigenvalue weighted by Crippen LogP contribution is 2.36. The van der Waals surface area contributed by atoms with E-state index in [9.17, 15) is 17.6 Å². The molecule has 0 radical (unpaired) electrons. The fourth-order valence-electron chi connectivity index (χ4n) is 3.96. The topological polar surface area (TPSA) is 85.6 Å². The van der Waals surface area contributed by atoms with Crippen LogP contribution in [-0.4, -0.2) is 30.6 Å². The van der Waals surface area contributed by atoms with Crippen LogP contribution >= 0.6 is 0 Å². The van der Waals surface area contributed by atoms with Crippen molar-refractivity contribution in [1.29, 1.82) is 0 Å². The van der Waals surface area contributed by atoms with Gasteiger partial charge in [-0.2, -0.15) is 0 Å². The number of carboxylic acid groups (broad SMARTS) is 1. The van der Waals surface area contributed by atoms with Gasteiger partial charge in [-0.05, 0) is 48.7 Å². The van der Waals surface area contributed by atoms with Gasteiger partial charge >= 0.3 is 5.97 Å². The van der Waals surface area contributed by atoms with E-state index < -0.39 is 21.8 Å². The average molecular weight is 468 g/mol. The van der Waals surface area contributed by atoms with Crippen LogP contribution in [0.4, 0.5) is 4.39 Å². The van der Waals surface area contributed by atoms with Gasteiger partial charge in [0.25, 0.3) is 10.0 Å². The molecule has 6 nitrogen and oxygen atoms in total. The van der Waals surface area contributed by atoms with Crippen molar-refractivity contribution < 1.29 is 27.4 Å². The summed E-state index contributed by atoms with van der Waals surface area (Å²) < 4.78 is 48.9. The molecule has 33 heavy (non-hydrogen) atoms. The molecular weight excluding hydrogens is 445 g/mol. The quantitative estimate of drug-likeness (QED) is 0.413. The van der Waals surface area contributed by atoms with Crippen molar-refractivity contribution in [2.45, 2.75) is 24.7 Å². The van der Waals surface area contributed by atoms with Crippen LogP contribution in [0.15, 0.2) is 71.8 Å². The number of hydrogen-bond acceptors (Lipinski definition) is 4. The highest BCUT2D eigenvalue weighted by molar-refractivity contribution is 7.90. The molecule has 1 N–H and O–H groups in total. The number of aliphatic carboxylic acids is 1. The summed E-state index contributed by atoms with van der Waals surface area (Å²) in [5.41, 5.74) is 1.95. The number of ether oxygens (including phenoxy) is 1. The first-order valence-electron chi connectivity index (χ1n) is 10.2. The number of nitrogens with zero attached hydrogens (tertiary/aromatic N) is 1. The predicted octanol–water partition coefficient (Wildman–Crippen LogP) is 5.02. The number of hydrogen-bond donors (Lipinski definition) is 1. The maximum absolute atomic E-state index is 14.6. The van der Waals surface area contributed by atoms with Gasteiger partial charge in [0.1, 0.15) is 16.5 Å². The Balaban J connectivity index is 1.99. The van der Waals surface area contributed by atoms with Gasteiger partial charge in [0.15, 0.2) is 0 Å². The van der Waals surface area contributed by atoms with E-state index in [-0.39, 0.29) is 23.3 Å². The highest BCUT2D eigenvalue weighted by Gasteiger charge is 2.28. The van der Waals surface area contributed by atoms with Crippen molar-refractivity contribution in [1.82, 2.24) is 3.97 Å². The fourth-order valence-corrected chi connectivity index (χ4v) is 5.78. The Morgan fingerprint density at radius 2 is 1.82 bits per heavy atom. The van der Waals surface area contributed by atoms with Crippen LogP contribution in [0.1, 0.15) is 17.5 Å². The van der Waals surface area contributed by atoms with Crippen molar-refractivity contribution >= 4 is 26.9 Å². The lowest BCUT2D eigenvalue weighted by Crippen LogP contribution is -2.15. The van der Waals surface area contributed by atoms with Crippen molar-refractivity contribution in [2.75, 3.05) is 7.11 Å². The molecule has 0 saturated heterocycles. The van der Waals surface area contributed by atoms with Gasteiger partial charge in [-0.15, -0.1) is 0 Å². The summed E-state index contributed by atoms with van der Waals surface area (Å²) in [4.78, 5) is 11.0. The zero-order valence-electron chi connectivity index (χ0n) is 18.1. The van der Waals surface area contributed by atoms with Crippen LogP contribution in [0.3, 0.4) is 0 Å². The van der Waals surface area contributed by atoms with E-state index in [0.717, 1.165) is 3.97 Å². The van der Waals surface area contributed by atoms with Crippen LogP contribution in [0.25, 0.3) is 22.0 Å². The summed E-state index contributed by atoms with van der Waals surface area (Å²) in [5, 5.41) is 9.69. The summed E-state index contributed by atoms with van der Waals surface area (Å²) in [5.74, 6) is -1.10.